The first kappa shape index (κ1) is 13.7. The van der Waals surface area contributed by atoms with Crippen LogP contribution in [0.15, 0.2) is 30.3 Å². The maximum absolute atomic E-state index is 11.5. The fourth-order valence-electron chi connectivity index (χ4n) is 1.01. The van der Waals surface area contributed by atoms with Crippen LogP contribution in [0.3, 0.4) is 0 Å². The Bertz CT molecular complexity index is 587. The first-order valence-corrected chi connectivity index (χ1v) is 6.78. The lowest BCUT2D eigenvalue weighted by Gasteiger charge is -2.00. The average molecular weight is 281 g/mol. The molecule has 1 aromatic rings. The van der Waals surface area contributed by atoms with E-state index >= 15 is 0 Å². The topological polar surface area (TPSA) is 132 Å². The van der Waals surface area contributed by atoms with Crippen LogP contribution in [0.25, 0.3) is 0 Å². The number of carbonyl (C=O) groups excluding carboxylic acids is 1. The highest BCUT2D eigenvalue weighted by Gasteiger charge is 2.52. The van der Waals surface area contributed by atoms with Gasteiger partial charge < -0.3 is 0 Å². The molecule has 0 saturated heterocycles. The van der Waals surface area contributed by atoms with Crippen LogP contribution in [0.4, 0.5) is 0 Å². The number of carbonyl (C=O) groups is 1. The van der Waals surface area contributed by atoms with E-state index in [1.807, 2.05) is 0 Å². The van der Waals surface area contributed by atoms with Gasteiger partial charge in [0.25, 0.3) is 0 Å². The van der Waals surface area contributed by atoms with Crippen LogP contribution in [0.5, 0.6) is 0 Å². The third-order valence-corrected chi connectivity index (χ3v) is 3.91. The van der Waals surface area contributed by atoms with Gasteiger partial charge in [-0.15, -0.1) is 16.8 Å². The lowest BCUT2D eigenvalue weighted by molar-refractivity contribution is 0.0953. The van der Waals surface area contributed by atoms with Crippen molar-refractivity contribution in [2.75, 3.05) is 0 Å². The second-order valence-corrected chi connectivity index (χ2v) is 5.58. The van der Waals surface area contributed by atoms with Gasteiger partial charge in [0.05, 0.1) is 5.56 Å². The van der Waals surface area contributed by atoms with Crippen molar-refractivity contribution < 1.29 is 30.7 Å². The Labute approximate surface area is 97.2 Å². The molecule has 2 N–H and O–H groups in total. The second-order valence-electron chi connectivity index (χ2n) is 2.82. The lowest BCUT2D eigenvalue weighted by atomic mass is 10.2. The summed E-state index contributed by atoms with van der Waals surface area (Å²) in [6, 6.07) is 6.43. The maximum Gasteiger partial charge on any atom is 0.508 e. The van der Waals surface area contributed by atoms with Gasteiger partial charge >= 0.3 is 26.5 Å². The van der Waals surface area contributed by atoms with Crippen molar-refractivity contribution in [3.05, 3.63) is 35.9 Å². The Balaban J connectivity index is 3.34. The molecule has 17 heavy (non-hydrogen) atoms. The normalized spacial score (nSPS) is 12.6. The summed E-state index contributed by atoms with van der Waals surface area (Å²) in [4.78, 5) is 11.5. The minimum absolute atomic E-state index is 0.331. The molecule has 1 radical (unpaired) electrons. The highest BCUT2D eigenvalue weighted by Crippen LogP contribution is 2.08. The zero-order chi connectivity index (χ0) is 13.3. The summed E-state index contributed by atoms with van der Waals surface area (Å²) in [7, 11) is -10.8. The number of hydrogen-bond acceptors (Lipinski definition) is 5. The Morgan fingerprint density at radius 3 is 1.71 bits per heavy atom. The number of hydrogen-bond donors (Lipinski definition) is 2. The Morgan fingerprint density at radius 1 is 0.941 bits per heavy atom. The van der Waals surface area contributed by atoms with E-state index in [9.17, 15) is 21.6 Å². The number of rotatable bonds is 3. The molecule has 8 nitrogen and oxygen atoms in total. The summed E-state index contributed by atoms with van der Waals surface area (Å²) < 4.78 is 59.0. The van der Waals surface area contributed by atoms with Crippen LogP contribution >= 0.6 is 0 Å². The SMILES string of the molecule is O=C(c1ccccc1)[N+](S(=O)(=O)O)S(=O)(=O)O. The Kier molecular flexibility index (Phi) is 3.64. The van der Waals surface area contributed by atoms with Crippen LogP contribution in [-0.2, 0) is 20.6 Å². The molecule has 0 unspecified atom stereocenters. The largest absolute Gasteiger partial charge is 0.508 e. The molecule has 0 aliphatic rings. The number of amides is 1. The van der Waals surface area contributed by atoms with Gasteiger partial charge in [-0.3, -0.25) is 0 Å². The molecule has 0 fully saturated rings. The van der Waals surface area contributed by atoms with Crippen molar-refractivity contribution in [3.8, 4) is 0 Å². The van der Waals surface area contributed by atoms with Crippen LogP contribution in [0, 0.1) is 0 Å². The molecule has 0 aliphatic carbocycles. The summed E-state index contributed by atoms with van der Waals surface area (Å²) in [5.74, 6) is -1.59. The third kappa shape index (κ3) is 3.31. The Hall–Kier alpha value is -1.33. The standard InChI is InChI=1S/C7H7NO7S2/c9-7(6-4-2-1-3-5-6)8(16(10,11)12)17(13,14)15/h1-5H,(H,10,11,12)(H,13,14,15)/q+1. The van der Waals surface area contributed by atoms with E-state index in [0.29, 0.717) is 0 Å². The van der Waals surface area contributed by atoms with E-state index in [2.05, 4.69) is 0 Å². The predicted molar refractivity (Wildman–Crippen MR) is 56.0 cm³/mol. The van der Waals surface area contributed by atoms with Gasteiger partial charge in [0.15, 0.2) is 3.71 Å². The molecule has 0 aromatic heterocycles. The van der Waals surface area contributed by atoms with Crippen molar-refractivity contribution in [2.45, 2.75) is 0 Å². The molecule has 1 aromatic carbocycles. The molecule has 0 spiro atoms. The molecule has 0 atom stereocenters. The van der Waals surface area contributed by atoms with Crippen LogP contribution in [0.2, 0.25) is 0 Å². The summed E-state index contributed by atoms with van der Waals surface area (Å²) in [6.45, 7) is 0. The van der Waals surface area contributed by atoms with Crippen molar-refractivity contribution in [3.63, 3.8) is 0 Å². The smallest absolute Gasteiger partial charge is 0.236 e. The zero-order valence-electron chi connectivity index (χ0n) is 8.09. The number of nitrogens with zero attached hydrogens (tertiary/aromatic N) is 1. The van der Waals surface area contributed by atoms with Crippen molar-refractivity contribution in [1.82, 2.24) is 3.71 Å². The molecule has 1 amide bonds. The summed E-state index contributed by atoms with van der Waals surface area (Å²) in [5.41, 5.74) is -0.331. The zero-order valence-corrected chi connectivity index (χ0v) is 9.72. The molecule has 0 saturated carbocycles. The van der Waals surface area contributed by atoms with E-state index < -0.39 is 30.2 Å². The van der Waals surface area contributed by atoms with Crippen LogP contribution in [-0.4, -0.2) is 31.8 Å². The van der Waals surface area contributed by atoms with Gasteiger partial charge in [0, 0.05) is 0 Å². The second kappa shape index (κ2) is 4.50. The molecule has 0 aliphatic heterocycles. The van der Waals surface area contributed by atoms with Gasteiger partial charge in [-0.2, -0.15) is 0 Å². The van der Waals surface area contributed by atoms with Gasteiger partial charge in [0.2, 0.25) is 0 Å². The van der Waals surface area contributed by atoms with Crippen LogP contribution < -0.4 is 3.71 Å². The van der Waals surface area contributed by atoms with Crippen molar-refractivity contribution in [2.24, 2.45) is 0 Å². The molecule has 0 bridgehead atoms. The summed E-state index contributed by atoms with van der Waals surface area (Å²) in [6.07, 6.45) is 0. The van der Waals surface area contributed by atoms with E-state index in [4.69, 9.17) is 9.11 Å². The van der Waals surface area contributed by atoms with E-state index in [-0.39, 0.29) is 5.56 Å². The first-order chi connectivity index (χ1) is 7.64. The minimum atomic E-state index is -5.42. The van der Waals surface area contributed by atoms with Gasteiger partial charge in [0.1, 0.15) is 0 Å². The molecule has 0 heterocycles. The molecule has 1 rings (SSSR count). The van der Waals surface area contributed by atoms with Crippen LogP contribution in [0.1, 0.15) is 10.4 Å². The predicted octanol–water partition coefficient (Wildman–Crippen LogP) is -0.427. The van der Waals surface area contributed by atoms with Crippen molar-refractivity contribution in [1.29, 1.82) is 0 Å². The Morgan fingerprint density at radius 2 is 1.35 bits per heavy atom. The summed E-state index contributed by atoms with van der Waals surface area (Å²) >= 11 is 0. The van der Waals surface area contributed by atoms with Gasteiger partial charge in [-0.1, -0.05) is 18.2 Å². The lowest BCUT2D eigenvalue weighted by Crippen LogP contribution is -2.46. The number of benzene rings is 1. The quantitative estimate of drug-likeness (QED) is 0.567. The highest BCUT2D eigenvalue weighted by molar-refractivity contribution is 8.01. The fraction of sp³-hybridized carbons (Fsp3) is 0. The highest BCUT2D eigenvalue weighted by atomic mass is 32.3. The summed E-state index contributed by atoms with van der Waals surface area (Å²) in [5, 5.41) is 0. The first-order valence-electron chi connectivity index (χ1n) is 3.99. The van der Waals surface area contributed by atoms with E-state index in [1.165, 1.54) is 18.2 Å². The molecule has 93 valence electrons. The molecular weight excluding hydrogens is 274 g/mol. The third-order valence-electron chi connectivity index (χ3n) is 1.61. The van der Waals surface area contributed by atoms with E-state index in [1.54, 1.807) is 0 Å². The maximum atomic E-state index is 11.5. The monoisotopic (exact) mass is 281 g/mol. The van der Waals surface area contributed by atoms with E-state index in [0.717, 1.165) is 12.1 Å². The molecular formula is C7H7NO7S2+. The van der Waals surface area contributed by atoms with Crippen molar-refractivity contribution >= 4 is 26.5 Å². The molecule has 10 heteroatoms. The van der Waals surface area contributed by atoms with Gasteiger partial charge in [-0.25, -0.2) is 13.9 Å². The minimum Gasteiger partial charge on any atom is -0.236 e. The fourth-order valence-corrected chi connectivity index (χ4v) is 2.60. The van der Waals surface area contributed by atoms with Gasteiger partial charge in [-0.05, 0) is 12.1 Å². The average Bonchev–Trinajstić information content (AvgIpc) is 2.14.